The smallest absolute Gasteiger partial charge is 0.243 e. The van der Waals surface area contributed by atoms with Crippen LogP contribution in [0.25, 0.3) is 0 Å². The topological polar surface area (TPSA) is 87.5 Å². The Kier molecular flexibility index (Phi) is 8.70. The first-order valence-electron chi connectivity index (χ1n) is 8.53. The van der Waals surface area contributed by atoms with Gasteiger partial charge in [-0.3, -0.25) is 9.59 Å². The van der Waals surface area contributed by atoms with Crippen LogP contribution in [0.2, 0.25) is 0 Å². The van der Waals surface area contributed by atoms with Crippen molar-refractivity contribution in [3.8, 4) is 0 Å². The van der Waals surface area contributed by atoms with Crippen molar-refractivity contribution in [2.45, 2.75) is 31.7 Å². The van der Waals surface area contributed by atoms with E-state index in [-0.39, 0.29) is 23.8 Å². The van der Waals surface area contributed by atoms with Crippen LogP contribution in [0.5, 0.6) is 0 Å². The van der Waals surface area contributed by atoms with E-state index in [1.165, 1.54) is 0 Å². The maximum atomic E-state index is 12.3. The van der Waals surface area contributed by atoms with Crippen molar-refractivity contribution in [2.75, 3.05) is 20.6 Å². The minimum absolute atomic E-state index is 0.0388. The summed E-state index contributed by atoms with van der Waals surface area (Å²) in [6.07, 6.45) is 9.60. The highest BCUT2D eigenvalue weighted by Gasteiger charge is 2.26. The molecule has 0 aromatic heterocycles. The molecule has 4 N–H and O–H groups in total. The molecular weight excluding hydrogens is 316 g/mol. The molecule has 138 valence electrons. The predicted molar refractivity (Wildman–Crippen MR) is 101 cm³/mol. The molecule has 0 atom stereocenters. The lowest BCUT2D eigenvalue weighted by Gasteiger charge is -2.28. The van der Waals surface area contributed by atoms with Crippen LogP contribution in [0.1, 0.15) is 25.7 Å². The fourth-order valence-electron chi connectivity index (χ4n) is 2.71. The van der Waals surface area contributed by atoms with Crippen molar-refractivity contribution in [3.63, 3.8) is 0 Å². The van der Waals surface area contributed by atoms with Crippen molar-refractivity contribution in [2.24, 2.45) is 11.7 Å². The van der Waals surface area contributed by atoms with Crippen LogP contribution in [-0.4, -0.2) is 43.4 Å². The van der Waals surface area contributed by atoms with E-state index in [2.05, 4.69) is 23.8 Å². The normalized spacial score (nSPS) is 21.2. The van der Waals surface area contributed by atoms with E-state index < -0.39 is 0 Å². The number of hydrogen-bond acceptors (Lipinski definition) is 4. The average Bonchev–Trinajstić information content (AvgIpc) is 2.53. The SMILES string of the molecule is C=C/C(=C\C(=C)N)NC(=O)C1CCC(NC(=O)/C=C/CN(C)C)CC1. The summed E-state index contributed by atoms with van der Waals surface area (Å²) < 4.78 is 0. The van der Waals surface area contributed by atoms with Gasteiger partial charge in [-0.05, 0) is 51.9 Å². The number of likely N-dealkylation sites (N-methyl/N-ethyl adjacent to an activating group) is 1. The molecule has 0 radical (unpaired) electrons. The van der Waals surface area contributed by atoms with Crippen molar-refractivity contribution < 1.29 is 9.59 Å². The number of hydrogen-bond donors (Lipinski definition) is 3. The van der Waals surface area contributed by atoms with Crippen LogP contribution in [-0.2, 0) is 9.59 Å². The summed E-state index contributed by atoms with van der Waals surface area (Å²) in [6, 6.07) is 0.124. The standard InChI is InChI=1S/C19H30N4O2/c1-5-16(13-14(2)20)22-19(25)15-8-10-17(11-9-15)21-18(24)7-6-12-23(3)4/h5-7,13,15,17H,1-2,8-12,20H2,3-4H3,(H,21,24)(H,22,25)/b7-6+,16-13+. The van der Waals surface area contributed by atoms with Gasteiger partial charge in [0.2, 0.25) is 11.8 Å². The predicted octanol–water partition coefficient (Wildman–Crippen LogP) is 1.44. The maximum Gasteiger partial charge on any atom is 0.243 e. The fraction of sp³-hybridized carbons (Fsp3) is 0.474. The molecule has 0 saturated heterocycles. The van der Waals surface area contributed by atoms with E-state index >= 15 is 0 Å². The Balaban J connectivity index is 2.41. The highest BCUT2D eigenvalue weighted by atomic mass is 16.2. The number of rotatable bonds is 8. The molecule has 0 spiro atoms. The molecule has 1 rings (SSSR count). The van der Waals surface area contributed by atoms with Crippen LogP contribution >= 0.6 is 0 Å². The van der Waals surface area contributed by atoms with Crippen LogP contribution < -0.4 is 16.4 Å². The van der Waals surface area contributed by atoms with Gasteiger partial charge in [0.25, 0.3) is 0 Å². The Morgan fingerprint density at radius 1 is 1.24 bits per heavy atom. The molecule has 25 heavy (non-hydrogen) atoms. The summed E-state index contributed by atoms with van der Waals surface area (Å²) in [7, 11) is 3.90. The Bertz CT molecular complexity index is 556. The maximum absolute atomic E-state index is 12.3. The number of nitrogens with two attached hydrogens (primary N) is 1. The molecule has 0 unspecified atom stereocenters. The van der Waals surface area contributed by atoms with Crippen LogP contribution in [0.4, 0.5) is 0 Å². The lowest BCUT2D eigenvalue weighted by Crippen LogP contribution is -2.40. The molecule has 0 aromatic carbocycles. The zero-order chi connectivity index (χ0) is 18.8. The molecule has 1 fully saturated rings. The van der Waals surface area contributed by atoms with Crippen molar-refractivity contribution in [3.05, 3.63) is 48.9 Å². The third-order valence-electron chi connectivity index (χ3n) is 4.01. The molecule has 6 heteroatoms. The number of nitrogens with one attached hydrogen (secondary N) is 2. The van der Waals surface area contributed by atoms with Crippen LogP contribution in [0.15, 0.2) is 48.9 Å². The minimum atomic E-state index is -0.0758. The van der Waals surface area contributed by atoms with E-state index in [1.54, 1.807) is 18.2 Å². The van der Waals surface area contributed by atoms with E-state index in [0.717, 1.165) is 32.2 Å². The second-order valence-electron chi connectivity index (χ2n) is 6.59. The van der Waals surface area contributed by atoms with Gasteiger partial charge in [0, 0.05) is 36.0 Å². The van der Waals surface area contributed by atoms with E-state index in [0.29, 0.717) is 11.4 Å². The van der Waals surface area contributed by atoms with Crippen LogP contribution in [0.3, 0.4) is 0 Å². The van der Waals surface area contributed by atoms with Crippen LogP contribution in [0, 0.1) is 5.92 Å². The van der Waals surface area contributed by atoms with Gasteiger partial charge in [0.15, 0.2) is 0 Å². The molecule has 1 aliphatic carbocycles. The van der Waals surface area contributed by atoms with Gasteiger partial charge in [0.1, 0.15) is 0 Å². The lowest BCUT2D eigenvalue weighted by molar-refractivity contribution is -0.125. The largest absolute Gasteiger partial charge is 0.399 e. The third-order valence-corrected chi connectivity index (χ3v) is 4.01. The van der Waals surface area contributed by atoms with Gasteiger partial charge in [-0.25, -0.2) is 0 Å². The monoisotopic (exact) mass is 346 g/mol. The molecule has 6 nitrogen and oxygen atoms in total. The first-order valence-corrected chi connectivity index (χ1v) is 8.53. The van der Waals surface area contributed by atoms with E-state index in [1.807, 2.05) is 25.1 Å². The number of allylic oxidation sites excluding steroid dienone is 2. The molecule has 0 heterocycles. The fourth-order valence-corrected chi connectivity index (χ4v) is 2.71. The molecule has 1 aliphatic rings. The first kappa shape index (κ1) is 20.7. The summed E-state index contributed by atoms with van der Waals surface area (Å²) in [4.78, 5) is 26.2. The number of carbonyl (C=O) groups is 2. The second kappa shape index (κ2) is 10.5. The average molecular weight is 346 g/mol. The Hall–Kier alpha value is -2.34. The highest BCUT2D eigenvalue weighted by Crippen LogP contribution is 2.24. The minimum Gasteiger partial charge on any atom is -0.399 e. The van der Waals surface area contributed by atoms with E-state index in [4.69, 9.17) is 5.73 Å². The lowest BCUT2D eigenvalue weighted by atomic mass is 9.85. The summed E-state index contributed by atoms with van der Waals surface area (Å²) in [6.45, 7) is 7.97. The quantitative estimate of drug-likeness (QED) is 0.458. The highest BCUT2D eigenvalue weighted by molar-refractivity contribution is 5.87. The summed E-state index contributed by atoms with van der Waals surface area (Å²) in [5, 5.41) is 5.82. The molecule has 2 amide bonds. The van der Waals surface area contributed by atoms with Crippen molar-refractivity contribution >= 4 is 11.8 Å². The summed E-state index contributed by atoms with van der Waals surface area (Å²) >= 11 is 0. The third kappa shape index (κ3) is 8.35. The number of amides is 2. The Morgan fingerprint density at radius 3 is 2.40 bits per heavy atom. The molecule has 1 saturated carbocycles. The van der Waals surface area contributed by atoms with Gasteiger partial charge >= 0.3 is 0 Å². The van der Waals surface area contributed by atoms with Gasteiger partial charge in [-0.15, -0.1) is 0 Å². The second-order valence-corrected chi connectivity index (χ2v) is 6.59. The summed E-state index contributed by atoms with van der Waals surface area (Å²) in [5.74, 6) is -0.178. The summed E-state index contributed by atoms with van der Waals surface area (Å²) in [5.41, 5.74) is 6.44. The molecular formula is C19H30N4O2. The van der Waals surface area contributed by atoms with E-state index in [9.17, 15) is 9.59 Å². The molecule has 0 bridgehead atoms. The molecule has 0 aromatic rings. The van der Waals surface area contributed by atoms with Gasteiger partial charge in [-0.2, -0.15) is 0 Å². The van der Waals surface area contributed by atoms with Crippen molar-refractivity contribution in [1.29, 1.82) is 0 Å². The van der Waals surface area contributed by atoms with Gasteiger partial charge in [-0.1, -0.05) is 19.2 Å². The van der Waals surface area contributed by atoms with Crippen molar-refractivity contribution in [1.82, 2.24) is 15.5 Å². The number of nitrogens with zero attached hydrogens (tertiary/aromatic N) is 1. The zero-order valence-corrected chi connectivity index (χ0v) is 15.3. The molecule has 0 aliphatic heterocycles. The first-order chi connectivity index (χ1) is 11.8. The zero-order valence-electron chi connectivity index (χ0n) is 15.3. The number of carbonyl (C=O) groups excluding carboxylic acids is 2. The van der Waals surface area contributed by atoms with Gasteiger partial charge in [0.05, 0.1) is 0 Å². The van der Waals surface area contributed by atoms with Gasteiger partial charge < -0.3 is 21.3 Å². The Labute approximate surface area is 150 Å². The Morgan fingerprint density at radius 2 is 1.88 bits per heavy atom.